The maximum atomic E-state index is 14.5. The highest BCUT2D eigenvalue weighted by molar-refractivity contribution is 9.10. The van der Waals surface area contributed by atoms with Crippen LogP contribution in [0, 0.1) is 17.5 Å². The number of nitrogens with two attached hydrogens (primary N) is 1. The Balaban J connectivity index is 0.000000180. The summed E-state index contributed by atoms with van der Waals surface area (Å²) in [5, 5.41) is 20.8. The Morgan fingerprint density at radius 2 is 1.08 bits per heavy atom. The molecule has 4 unspecified atom stereocenters. The van der Waals surface area contributed by atoms with Crippen LogP contribution in [0.25, 0.3) is 0 Å². The second-order valence-corrected chi connectivity index (χ2v) is 33.7. The van der Waals surface area contributed by atoms with E-state index >= 15 is 0 Å². The topological polar surface area (TPSA) is 397 Å². The van der Waals surface area contributed by atoms with E-state index < -0.39 is 139 Å². The molecule has 0 aliphatic carbocycles. The molecule has 6 atom stereocenters. The first kappa shape index (κ1) is 86.2. The fraction of sp³-hybridized carbons (Fsp3) is 0.408. The van der Waals surface area contributed by atoms with E-state index in [1.54, 1.807) is 90.2 Å². The van der Waals surface area contributed by atoms with E-state index in [0.717, 1.165) is 6.07 Å². The summed E-state index contributed by atoms with van der Waals surface area (Å²) < 4.78 is 140. The molecule has 3 aromatic carbocycles. The van der Waals surface area contributed by atoms with Crippen LogP contribution in [-0.2, 0) is 81.6 Å². The number of aliphatic imine (C=N–C) groups is 3. The van der Waals surface area contributed by atoms with Crippen LogP contribution in [0.5, 0.6) is 0 Å². The molecule has 0 spiro atoms. The largest absolute Gasteiger partial charge is 0.481 e. The van der Waals surface area contributed by atoms with Crippen molar-refractivity contribution in [3.63, 3.8) is 0 Å². The van der Waals surface area contributed by atoms with Crippen molar-refractivity contribution in [2.75, 3.05) is 89.2 Å². The zero-order chi connectivity index (χ0) is 82.0. The fourth-order valence-corrected chi connectivity index (χ4v) is 18.3. The third-order valence-corrected chi connectivity index (χ3v) is 24.3. The SMILES string of the molecule is CCOC(=O)C1=C(CN2CC(F)(F)C[C@H]2CCC(=O)O)NC(c2nccn2C)=N[C@H]1c1ccc(F)cc1Br.CCOC(=O)C1=C(CN2CCS(=O)(=O)CC2C(=O)NOC)NC(c2nccs2)=NC1c1ccc(F)cc1Cl.CCOC(=O)C1=C(CN2CCS(=O)(=O)CC2C(N)=O)NC(c2nccn2C)=NC1c1ccc(F)cc1Br. The summed E-state index contributed by atoms with van der Waals surface area (Å²) in [6.07, 6.45) is 7.45. The molecule has 606 valence electrons. The number of amidine groups is 3. The van der Waals surface area contributed by atoms with Gasteiger partial charge in [-0.3, -0.25) is 48.9 Å². The molecule has 113 heavy (non-hydrogen) atoms. The predicted molar refractivity (Wildman–Crippen MR) is 411 cm³/mol. The number of sulfone groups is 2. The number of benzene rings is 3. The summed E-state index contributed by atoms with van der Waals surface area (Å²) in [5.41, 5.74) is 10.3. The van der Waals surface area contributed by atoms with Crippen LogP contribution >= 0.6 is 54.8 Å². The lowest BCUT2D eigenvalue weighted by Crippen LogP contribution is -2.57. The number of carbonyl (C=O) groups is 6. The van der Waals surface area contributed by atoms with E-state index in [1.807, 2.05) is 0 Å². The second kappa shape index (κ2) is 37.4. The molecule has 0 saturated carbocycles. The van der Waals surface area contributed by atoms with E-state index in [1.165, 1.54) is 71.9 Å². The molecule has 7 N–H and O–H groups in total. The molecule has 0 bridgehead atoms. The van der Waals surface area contributed by atoms with E-state index in [2.05, 4.69) is 68.2 Å². The monoisotopic (exact) mass is 1780 g/mol. The fourth-order valence-electron chi connectivity index (χ4n) is 13.3. The Labute approximate surface area is 671 Å². The number of halogens is 8. The first-order valence-electron chi connectivity index (χ1n) is 34.9. The average Bonchev–Trinajstić information content (AvgIpc) is 1.11. The van der Waals surface area contributed by atoms with Gasteiger partial charge in [0.2, 0.25) is 5.91 Å². The minimum atomic E-state index is -3.49. The number of thiazole rings is 1. The van der Waals surface area contributed by atoms with Crippen LogP contribution in [0.4, 0.5) is 22.0 Å². The molecular weight excluding hydrogens is 1700 g/mol. The standard InChI is InChI=1S/C25H27BrF3N5O4.C23H26BrFN6O5S.C23H25ClFN5O6S2/c1-3-38-24(37)20-18(12-34-13-25(28,29)11-15(34)5-7-19(35)36)31-22(23-30-8-9-33(23)2)32-21(20)16-6-4-14(27)10-17(16)26;1-3-36-23(33)18-16(11-31-8-9-37(34,35)12-17(31)20(26)32)28-21(22-27-6-7-30(22)2)29-19(18)14-5-4-13(25)10-15(14)24;1-3-36-23(32)18-16(11-30-7-9-38(33,34)12-17(30)21(31)29-35-2)27-20(22-26-6-8-37-22)28-19(18)14-5-4-13(25)10-15(14)24/h4,6,8-10,15,21H,3,5,7,11-13H2,1-2H3,(H,31,32)(H,35,36);4-7,10,17,19H,3,8-9,11-12H2,1-2H3,(H2,26,32)(H,28,29);4-6,8,10,17,19H,3,7,9,11-12H2,1-2H3,(H,27,28)(H,29,31)/t15-,21+;;/m1../s1. The van der Waals surface area contributed by atoms with Crippen molar-refractivity contribution in [3.05, 3.63) is 190 Å². The van der Waals surface area contributed by atoms with Gasteiger partial charge in [0.25, 0.3) is 11.8 Å². The van der Waals surface area contributed by atoms with Crippen molar-refractivity contribution in [1.82, 2.24) is 60.2 Å². The smallest absolute Gasteiger partial charge is 0.338 e. The lowest BCUT2D eigenvalue weighted by molar-refractivity contribution is -0.140. The normalized spacial score (nSPS) is 21.5. The van der Waals surface area contributed by atoms with Gasteiger partial charge in [-0.1, -0.05) is 61.7 Å². The molecule has 42 heteroatoms. The van der Waals surface area contributed by atoms with Gasteiger partial charge in [0.15, 0.2) is 53.8 Å². The number of aliphatic carboxylic acids is 1. The number of hydrogen-bond acceptors (Lipinski definition) is 27. The van der Waals surface area contributed by atoms with Gasteiger partial charge in [0, 0.05) is 139 Å². The number of hydroxylamine groups is 1. The van der Waals surface area contributed by atoms with Gasteiger partial charge < -0.3 is 50.1 Å². The molecular formula is C71H78Br2ClF5N16O15S3. The average molecular weight is 1780 g/mol. The van der Waals surface area contributed by atoms with E-state index in [0.29, 0.717) is 65.4 Å². The number of carbonyl (C=O) groups excluding carboxylic acids is 5. The summed E-state index contributed by atoms with van der Waals surface area (Å²) in [6.45, 7) is 4.48. The summed E-state index contributed by atoms with van der Waals surface area (Å²) in [6, 6.07) is 6.06. The summed E-state index contributed by atoms with van der Waals surface area (Å²) in [5.74, 6) is -8.42. The molecule has 31 nitrogen and oxygen atoms in total. The number of nitrogens with one attached hydrogen (secondary N) is 4. The zero-order valence-electron chi connectivity index (χ0n) is 61.3. The Morgan fingerprint density at radius 3 is 1.50 bits per heavy atom. The lowest BCUT2D eigenvalue weighted by atomic mass is 9.95. The van der Waals surface area contributed by atoms with Crippen molar-refractivity contribution >= 4 is 128 Å². The van der Waals surface area contributed by atoms with Crippen molar-refractivity contribution in [2.24, 2.45) is 34.8 Å². The van der Waals surface area contributed by atoms with Crippen LogP contribution in [0.3, 0.4) is 0 Å². The molecule has 6 aromatic rings. The van der Waals surface area contributed by atoms with Crippen LogP contribution in [0.2, 0.25) is 5.02 Å². The van der Waals surface area contributed by atoms with E-state index in [9.17, 15) is 67.6 Å². The highest BCUT2D eigenvalue weighted by atomic mass is 79.9. The predicted octanol–water partition coefficient (Wildman–Crippen LogP) is 6.24. The highest BCUT2D eigenvalue weighted by Crippen LogP contribution is 2.42. The third-order valence-electron chi connectivity index (χ3n) is 18.5. The van der Waals surface area contributed by atoms with Crippen molar-refractivity contribution in [1.29, 1.82) is 0 Å². The first-order chi connectivity index (χ1) is 53.6. The van der Waals surface area contributed by atoms with E-state index in [4.69, 9.17) is 56.5 Å². The van der Waals surface area contributed by atoms with Gasteiger partial charge in [0.1, 0.15) is 47.7 Å². The number of ether oxygens (including phenoxy) is 3. The molecule has 6 aliphatic rings. The summed E-state index contributed by atoms with van der Waals surface area (Å²) >= 11 is 14.4. The Morgan fingerprint density at radius 1 is 0.646 bits per heavy atom. The number of carboxylic acids is 1. The van der Waals surface area contributed by atoms with Crippen LogP contribution in [0.15, 0.2) is 149 Å². The number of hydrogen-bond donors (Lipinski definition) is 6. The quantitative estimate of drug-likeness (QED) is 0.0169. The van der Waals surface area contributed by atoms with Crippen LogP contribution in [-0.4, -0.2) is 227 Å². The van der Waals surface area contributed by atoms with Gasteiger partial charge in [-0.05, 0) is 74.7 Å². The molecule has 2 amide bonds. The van der Waals surface area contributed by atoms with Gasteiger partial charge in [-0.2, -0.15) is 0 Å². The number of aryl methyl sites for hydroxylation is 2. The maximum absolute atomic E-state index is 14.5. The minimum Gasteiger partial charge on any atom is -0.481 e. The van der Waals surface area contributed by atoms with Crippen molar-refractivity contribution in [2.45, 2.75) is 82.2 Å². The number of alkyl halides is 2. The number of nitrogens with zero attached hydrogens (tertiary/aromatic N) is 11. The summed E-state index contributed by atoms with van der Waals surface area (Å²) in [4.78, 5) is 112. The molecule has 12 rings (SSSR count). The molecule has 3 aromatic heterocycles. The number of rotatable bonds is 24. The van der Waals surface area contributed by atoms with Crippen LogP contribution < -0.4 is 27.2 Å². The van der Waals surface area contributed by atoms with Crippen LogP contribution in [0.1, 0.15) is 91.5 Å². The molecule has 9 heterocycles. The van der Waals surface area contributed by atoms with Crippen molar-refractivity contribution < 1.29 is 91.7 Å². The second-order valence-electron chi connectivity index (χ2n) is 26.2. The zero-order valence-corrected chi connectivity index (χ0v) is 67.7. The van der Waals surface area contributed by atoms with Gasteiger partial charge in [-0.15, -0.1) is 11.3 Å². The molecule has 3 fully saturated rings. The number of aromatic nitrogens is 5. The maximum Gasteiger partial charge on any atom is 0.338 e. The van der Waals surface area contributed by atoms with Gasteiger partial charge in [0.05, 0.1) is 73.2 Å². The summed E-state index contributed by atoms with van der Waals surface area (Å²) in [7, 11) is -2.17. The van der Waals surface area contributed by atoms with E-state index in [-0.39, 0.29) is 110 Å². The molecule has 0 radical (unpaired) electrons. The van der Waals surface area contributed by atoms with Gasteiger partial charge >= 0.3 is 23.9 Å². The highest BCUT2D eigenvalue weighted by Gasteiger charge is 2.47. The number of amides is 2. The van der Waals surface area contributed by atoms with Gasteiger partial charge in [-0.25, -0.2) is 73.6 Å². The first-order valence-corrected chi connectivity index (χ1v) is 41.4. The Hall–Kier alpha value is -9.20. The molecule has 3 saturated heterocycles. The number of primary amides is 1. The minimum absolute atomic E-state index is 0.0178. The number of likely N-dealkylation sites (tertiary alicyclic amines) is 1. The lowest BCUT2D eigenvalue weighted by Gasteiger charge is -2.36. The number of imidazole rings is 2. The third kappa shape index (κ3) is 21.2. The molecule has 6 aliphatic heterocycles. The van der Waals surface area contributed by atoms with Crippen molar-refractivity contribution in [3.8, 4) is 0 Å². The number of carboxylic acid groups (broad SMARTS) is 1. The Bertz CT molecular complexity index is 5070. The Kier molecular flexibility index (Phi) is 28.5. The number of esters is 3.